The Hall–Kier alpha value is -2.62. The van der Waals surface area contributed by atoms with Crippen molar-refractivity contribution in [1.29, 1.82) is 0 Å². The van der Waals surface area contributed by atoms with Crippen LogP contribution in [0.5, 0.6) is 0 Å². The highest BCUT2D eigenvalue weighted by Gasteiger charge is 2.24. The Morgan fingerprint density at radius 1 is 1.39 bits per heavy atom. The summed E-state index contributed by atoms with van der Waals surface area (Å²) < 4.78 is 5.90. The summed E-state index contributed by atoms with van der Waals surface area (Å²) in [5, 5.41) is 12.4. The third-order valence-corrected chi connectivity index (χ3v) is 5.64. The van der Waals surface area contributed by atoms with E-state index < -0.39 is 0 Å². The van der Waals surface area contributed by atoms with Crippen molar-refractivity contribution < 1.29 is 9.53 Å². The van der Waals surface area contributed by atoms with Crippen molar-refractivity contribution >= 4 is 22.9 Å². The predicted octanol–water partition coefficient (Wildman–Crippen LogP) is 3.06. The summed E-state index contributed by atoms with van der Waals surface area (Å²) in [4.78, 5) is 21.5. The minimum Gasteiger partial charge on any atom is -0.372 e. The number of nitrogens with one attached hydrogen (secondary N) is 2. The lowest BCUT2D eigenvalue weighted by Gasteiger charge is -2.15. The van der Waals surface area contributed by atoms with E-state index in [2.05, 4.69) is 25.5 Å². The van der Waals surface area contributed by atoms with Crippen molar-refractivity contribution in [3.8, 4) is 10.7 Å². The van der Waals surface area contributed by atoms with Crippen LogP contribution >= 0.6 is 11.3 Å². The molecule has 0 radical (unpaired) electrons. The zero-order valence-corrected chi connectivity index (χ0v) is 16.3. The van der Waals surface area contributed by atoms with E-state index >= 15 is 0 Å². The number of nitrogens with two attached hydrogens (primary N) is 1. The number of carbonyl (C=O) groups is 1. The molecule has 4 rings (SSSR count). The molecule has 1 saturated heterocycles. The Balaban J connectivity index is 1.49. The van der Waals surface area contributed by atoms with Crippen LogP contribution in [0.3, 0.4) is 0 Å². The van der Waals surface area contributed by atoms with Gasteiger partial charge in [-0.25, -0.2) is 4.98 Å². The summed E-state index contributed by atoms with van der Waals surface area (Å²) in [5.41, 5.74) is 9.54. The molecule has 2 unspecified atom stereocenters. The molecule has 0 aliphatic carbocycles. The molecule has 146 valence electrons. The summed E-state index contributed by atoms with van der Waals surface area (Å²) in [6.07, 6.45) is 5.65. The topological polar surface area (TPSA) is 119 Å². The second-order valence-electron chi connectivity index (χ2n) is 6.84. The second kappa shape index (κ2) is 8.17. The lowest BCUT2D eigenvalue weighted by atomic mass is 10.1. The molecule has 1 aliphatic rings. The van der Waals surface area contributed by atoms with Crippen LogP contribution in [0.4, 0.5) is 5.69 Å². The van der Waals surface area contributed by atoms with Crippen molar-refractivity contribution in [2.24, 2.45) is 5.73 Å². The van der Waals surface area contributed by atoms with E-state index in [0.717, 1.165) is 41.2 Å². The predicted molar refractivity (Wildman–Crippen MR) is 107 cm³/mol. The number of aryl methyl sites for hydroxylation is 1. The maximum Gasteiger partial charge on any atom is 0.275 e. The Bertz CT molecular complexity index is 969. The Kier molecular flexibility index (Phi) is 5.47. The van der Waals surface area contributed by atoms with Gasteiger partial charge in [0.05, 0.1) is 17.6 Å². The number of H-pyrrole nitrogens is 1. The molecule has 9 heteroatoms. The van der Waals surface area contributed by atoms with Crippen LogP contribution in [0.25, 0.3) is 10.7 Å². The van der Waals surface area contributed by atoms with Gasteiger partial charge >= 0.3 is 0 Å². The van der Waals surface area contributed by atoms with Crippen LogP contribution in [0.15, 0.2) is 29.9 Å². The first-order valence-corrected chi connectivity index (χ1v) is 10.1. The number of nitrogens with zero attached hydrogens (tertiary/aromatic N) is 3. The van der Waals surface area contributed by atoms with Crippen LogP contribution in [0, 0.1) is 6.92 Å². The molecule has 4 heterocycles. The van der Waals surface area contributed by atoms with Crippen LogP contribution in [0.1, 0.15) is 47.1 Å². The number of thiazole rings is 1. The molecule has 0 bridgehead atoms. The summed E-state index contributed by atoms with van der Waals surface area (Å²) >= 11 is 1.40. The number of anilines is 1. The first-order valence-electron chi connectivity index (χ1n) is 9.21. The SMILES string of the molecule is Cc1cccnc1-c1nc(C(=O)Nc2cn[nH]c2C2CCC(N)CCO2)cs1. The first kappa shape index (κ1) is 18.7. The number of carbonyl (C=O) groups excluding carboxylic acids is 1. The first-order chi connectivity index (χ1) is 13.6. The molecular formula is C19H22N6O2S. The molecule has 3 aromatic rings. The van der Waals surface area contributed by atoms with Gasteiger partial charge in [-0.05, 0) is 37.8 Å². The van der Waals surface area contributed by atoms with Gasteiger partial charge in [0, 0.05) is 24.2 Å². The van der Waals surface area contributed by atoms with Crippen LogP contribution in [0.2, 0.25) is 0 Å². The van der Waals surface area contributed by atoms with Crippen LogP contribution in [-0.2, 0) is 4.74 Å². The fraction of sp³-hybridized carbons (Fsp3) is 0.368. The minimum atomic E-state index is -0.288. The Morgan fingerprint density at radius 2 is 2.29 bits per heavy atom. The van der Waals surface area contributed by atoms with Gasteiger partial charge in [-0.3, -0.25) is 14.9 Å². The summed E-state index contributed by atoms with van der Waals surface area (Å²) in [6.45, 7) is 2.57. The number of hydrogen-bond donors (Lipinski definition) is 3. The zero-order chi connectivity index (χ0) is 19.5. The summed E-state index contributed by atoms with van der Waals surface area (Å²) in [6, 6.07) is 4.00. The minimum absolute atomic E-state index is 0.148. The molecule has 8 nitrogen and oxygen atoms in total. The van der Waals surface area contributed by atoms with Crippen molar-refractivity contribution in [2.75, 3.05) is 11.9 Å². The van der Waals surface area contributed by atoms with Gasteiger partial charge in [0.1, 0.15) is 22.5 Å². The van der Waals surface area contributed by atoms with Crippen molar-refractivity contribution in [3.05, 3.63) is 46.9 Å². The second-order valence-corrected chi connectivity index (χ2v) is 7.70. The maximum atomic E-state index is 12.7. The number of amides is 1. The van der Waals surface area contributed by atoms with Gasteiger partial charge in [-0.1, -0.05) is 6.07 Å². The molecule has 1 fully saturated rings. The third kappa shape index (κ3) is 3.96. The monoisotopic (exact) mass is 398 g/mol. The average Bonchev–Trinajstić information content (AvgIpc) is 3.30. The lowest BCUT2D eigenvalue weighted by molar-refractivity contribution is 0.0555. The number of aromatic amines is 1. The molecule has 0 spiro atoms. The number of hydrogen-bond acceptors (Lipinski definition) is 7. The zero-order valence-electron chi connectivity index (χ0n) is 15.5. The molecule has 3 aromatic heterocycles. The van der Waals surface area contributed by atoms with Crippen molar-refractivity contribution in [1.82, 2.24) is 20.2 Å². The van der Waals surface area contributed by atoms with Crippen LogP contribution in [-0.4, -0.2) is 38.7 Å². The molecule has 28 heavy (non-hydrogen) atoms. The van der Waals surface area contributed by atoms with Gasteiger partial charge in [0.15, 0.2) is 0 Å². The fourth-order valence-electron chi connectivity index (χ4n) is 3.21. The third-order valence-electron chi connectivity index (χ3n) is 4.80. The summed E-state index contributed by atoms with van der Waals surface area (Å²) in [7, 11) is 0. The summed E-state index contributed by atoms with van der Waals surface area (Å²) in [5.74, 6) is -0.288. The molecule has 1 aliphatic heterocycles. The molecule has 1 amide bonds. The van der Waals surface area contributed by atoms with E-state index in [4.69, 9.17) is 10.5 Å². The Labute approximate surface area is 166 Å². The van der Waals surface area contributed by atoms with E-state index in [1.807, 2.05) is 19.1 Å². The molecule has 4 N–H and O–H groups in total. The van der Waals surface area contributed by atoms with E-state index in [1.54, 1.807) is 17.8 Å². The highest BCUT2D eigenvalue weighted by molar-refractivity contribution is 7.13. The Morgan fingerprint density at radius 3 is 3.14 bits per heavy atom. The standard InChI is InChI=1S/C19H22N6O2S/c1-11-3-2-7-21-16(11)19-24-14(10-28-19)18(26)23-13-9-22-25-17(13)15-5-4-12(20)6-8-27-15/h2-3,7,9-10,12,15H,4-6,8,20H2,1H3,(H,22,25)(H,23,26). The van der Waals surface area contributed by atoms with Gasteiger partial charge < -0.3 is 15.8 Å². The van der Waals surface area contributed by atoms with E-state index in [9.17, 15) is 4.79 Å². The van der Waals surface area contributed by atoms with Gasteiger partial charge in [0.2, 0.25) is 0 Å². The lowest BCUT2D eigenvalue weighted by Crippen LogP contribution is -2.19. The van der Waals surface area contributed by atoms with E-state index in [1.165, 1.54) is 11.3 Å². The fourth-order valence-corrected chi connectivity index (χ4v) is 4.07. The van der Waals surface area contributed by atoms with Gasteiger partial charge in [-0.2, -0.15) is 5.10 Å². The van der Waals surface area contributed by atoms with Crippen LogP contribution < -0.4 is 11.1 Å². The number of ether oxygens (including phenoxy) is 1. The van der Waals surface area contributed by atoms with Crippen molar-refractivity contribution in [3.63, 3.8) is 0 Å². The number of rotatable bonds is 4. The van der Waals surface area contributed by atoms with Gasteiger partial charge in [-0.15, -0.1) is 11.3 Å². The molecular weight excluding hydrogens is 376 g/mol. The number of aromatic nitrogens is 4. The van der Waals surface area contributed by atoms with Gasteiger partial charge in [0.25, 0.3) is 5.91 Å². The average molecular weight is 398 g/mol. The highest BCUT2D eigenvalue weighted by atomic mass is 32.1. The maximum absolute atomic E-state index is 12.7. The molecule has 0 aromatic carbocycles. The molecule has 2 atom stereocenters. The normalized spacial score (nSPS) is 19.9. The van der Waals surface area contributed by atoms with E-state index in [0.29, 0.717) is 18.0 Å². The largest absolute Gasteiger partial charge is 0.372 e. The smallest absolute Gasteiger partial charge is 0.275 e. The molecule has 0 saturated carbocycles. The highest BCUT2D eigenvalue weighted by Crippen LogP contribution is 2.31. The quantitative estimate of drug-likeness (QED) is 0.621. The number of pyridine rings is 1. The van der Waals surface area contributed by atoms with E-state index in [-0.39, 0.29) is 18.1 Å². The van der Waals surface area contributed by atoms with Crippen molar-refractivity contribution in [2.45, 2.75) is 38.3 Å².